The third-order valence-corrected chi connectivity index (χ3v) is 3.84. The minimum atomic E-state index is 0.268. The van der Waals surface area contributed by atoms with Crippen LogP contribution >= 0.6 is 0 Å². The van der Waals surface area contributed by atoms with Gasteiger partial charge >= 0.3 is 0 Å². The van der Waals surface area contributed by atoms with E-state index in [2.05, 4.69) is 43.3 Å². The van der Waals surface area contributed by atoms with Crippen molar-refractivity contribution in [3.63, 3.8) is 0 Å². The second-order valence-electron chi connectivity index (χ2n) is 5.15. The molecule has 1 aromatic heterocycles. The average molecular weight is 273 g/mol. The summed E-state index contributed by atoms with van der Waals surface area (Å²) in [5.74, 6) is 0.893. The summed E-state index contributed by atoms with van der Waals surface area (Å²) in [6.07, 6.45) is 0. The molecular weight excluding hydrogens is 250 g/mol. The number of ether oxygens (including phenoxy) is 1. The predicted octanol–water partition coefficient (Wildman–Crippen LogP) is 2.90. The molecule has 20 heavy (non-hydrogen) atoms. The Morgan fingerprint density at radius 1 is 1.35 bits per heavy atom. The highest BCUT2D eigenvalue weighted by molar-refractivity contribution is 5.30. The van der Waals surface area contributed by atoms with Crippen molar-refractivity contribution in [2.24, 2.45) is 7.05 Å². The number of hydrogen-bond donors (Lipinski definition) is 1. The first-order valence-corrected chi connectivity index (χ1v) is 6.89. The molecule has 0 saturated heterocycles. The van der Waals surface area contributed by atoms with Gasteiger partial charge in [-0.2, -0.15) is 5.10 Å². The lowest BCUT2D eigenvalue weighted by Gasteiger charge is -2.15. The van der Waals surface area contributed by atoms with E-state index < -0.39 is 0 Å². The SMILES string of the molecule is COc1cccc(C(C)NCc2c(C)nn(C)c2C)c1. The zero-order valence-electron chi connectivity index (χ0n) is 12.9. The molecule has 1 atom stereocenters. The fourth-order valence-corrected chi connectivity index (χ4v) is 2.36. The van der Waals surface area contributed by atoms with Crippen LogP contribution in [0.15, 0.2) is 24.3 Å². The van der Waals surface area contributed by atoms with Crippen LogP contribution in [0, 0.1) is 13.8 Å². The first kappa shape index (κ1) is 14.6. The molecule has 0 aliphatic heterocycles. The molecular formula is C16H23N3O. The van der Waals surface area contributed by atoms with Gasteiger partial charge in [0.05, 0.1) is 12.8 Å². The van der Waals surface area contributed by atoms with Gasteiger partial charge in [0.2, 0.25) is 0 Å². The lowest BCUT2D eigenvalue weighted by Crippen LogP contribution is -2.19. The minimum absolute atomic E-state index is 0.268. The van der Waals surface area contributed by atoms with Crippen molar-refractivity contribution in [3.05, 3.63) is 46.8 Å². The van der Waals surface area contributed by atoms with Crippen LogP contribution in [0.1, 0.15) is 35.5 Å². The third-order valence-electron chi connectivity index (χ3n) is 3.84. The highest BCUT2D eigenvalue weighted by atomic mass is 16.5. The normalized spacial score (nSPS) is 12.4. The van der Waals surface area contributed by atoms with E-state index in [1.165, 1.54) is 16.8 Å². The van der Waals surface area contributed by atoms with Gasteiger partial charge in [-0.25, -0.2) is 0 Å². The summed E-state index contributed by atoms with van der Waals surface area (Å²) < 4.78 is 7.20. The molecule has 108 valence electrons. The van der Waals surface area contributed by atoms with Crippen molar-refractivity contribution >= 4 is 0 Å². The molecule has 1 N–H and O–H groups in total. The molecule has 0 fully saturated rings. The Morgan fingerprint density at radius 2 is 2.10 bits per heavy atom. The first-order chi connectivity index (χ1) is 9.52. The maximum Gasteiger partial charge on any atom is 0.119 e. The van der Waals surface area contributed by atoms with E-state index >= 15 is 0 Å². The van der Waals surface area contributed by atoms with E-state index in [0.29, 0.717) is 0 Å². The van der Waals surface area contributed by atoms with Crippen LogP contribution in [-0.2, 0) is 13.6 Å². The molecule has 1 unspecified atom stereocenters. The fraction of sp³-hybridized carbons (Fsp3) is 0.438. The second-order valence-corrected chi connectivity index (χ2v) is 5.15. The molecule has 0 amide bonds. The molecule has 0 spiro atoms. The number of benzene rings is 1. The van der Waals surface area contributed by atoms with E-state index in [9.17, 15) is 0 Å². The number of hydrogen-bond acceptors (Lipinski definition) is 3. The lowest BCUT2D eigenvalue weighted by molar-refractivity contribution is 0.413. The van der Waals surface area contributed by atoms with Crippen molar-refractivity contribution in [1.82, 2.24) is 15.1 Å². The molecule has 0 saturated carbocycles. The summed E-state index contributed by atoms with van der Waals surface area (Å²) >= 11 is 0. The Bertz CT molecular complexity index is 589. The number of nitrogens with zero attached hydrogens (tertiary/aromatic N) is 2. The summed E-state index contributed by atoms with van der Waals surface area (Å²) in [5, 5.41) is 8.00. The van der Waals surface area contributed by atoms with E-state index in [1.54, 1.807) is 7.11 Å². The van der Waals surface area contributed by atoms with Crippen LogP contribution < -0.4 is 10.1 Å². The summed E-state index contributed by atoms with van der Waals surface area (Å²) in [6, 6.07) is 8.44. The maximum absolute atomic E-state index is 5.27. The molecule has 0 aliphatic carbocycles. The first-order valence-electron chi connectivity index (χ1n) is 6.89. The number of rotatable bonds is 5. The third kappa shape index (κ3) is 3.02. The van der Waals surface area contributed by atoms with Gasteiger partial charge in [-0.3, -0.25) is 4.68 Å². The van der Waals surface area contributed by atoms with Crippen molar-refractivity contribution in [2.75, 3.05) is 7.11 Å². The smallest absolute Gasteiger partial charge is 0.119 e. The Kier molecular flexibility index (Phi) is 4.45. The van der Waals surface area contributed by atoms with Gasteiger partial charge in [0, 0.05) is 30.9 Å². The maximum atomic E-state index is 5.27. The average Bonchev–Trinajstić information content (AvgIpc) is 2.70. The molecule has 2 aromatic rings. The van der Waals surface area contributed by atoms with E-state index in [1.807, 2.05) is 23.9 Å². The van der Waals surface area contributed by atoms with Crippen molar-refractivity contribution in [1.29, 1.82) is 0 Å². The lowest BCUT2D eigenvalue weighted by atomic mass is 10.1. The molecule has 0 aliphatic rings. The van der Waals surface area contributed by atoms with Crippen LogP contribution in [0.3, 0.4) is 0 Å². The van der Waals surface area contributed by atoms with E-state index in [4.69, 9.17) is 4.74 Å². The number of methoxy groups -OCH3 is 1. The largest absolute Gasteiger partial charge is 0.497 e. The van der Waals surface area contributed by atoms with Crippen LogP contribution in [-0.4, -0.2) is 16.9 Å². The molecule has 1 heterocycles. The molecule has 2 rings (SSSR count). The summed E-state index contributed by atoms with van der Waals surface area (Å²) in [7, 11) is 3.68. The molecule has 0 radical (unpaired) electrons. The predicted molar refractivity (Wildman–Crippen MR) is 80.9 cm³/mol. The Balaban J connectivity index is 2.06. The van der Waals surface area contributed by atoms with Crippen molar-refractivity contribution < 1.29 is 4.74 Å². The van der Waals surface area contributed by atoms with Gasteiger partial charge in [-0.05, 0) is 38.5 Å². The van der Waals surface area contributed by atoms with Gasteiger partial charge in [-0.1, -0.05) is 12.1 Å². The molecule has 0 bridgehead atoms. The molecule has 4 heteroatoms. The van der Waals surface area contributed by atoms with Crippen LogP contribution in [0.4, 0.5) is 0 Å². The number of aryl methyl sites for hydroxylation is 2. The van der Waals surface area contributed by atoms with Crippen molar-refractivity contribution in [3.8, 4) is 5.75 Å². The Hall–Kier alpha value is -1.81. The summed E-state index contributed by atoms with van der Waals surface area (Å²) in [4.78, 5) is 0. The van der Waals surface area contributed by atoms with Crippen molar-refractivity contribution in [2.45, 2.75) is 33.4 Å². The minimum Gasteiger partial charge on any atom is -0.497 e. The molecule has 4 nitrogen and oxygen atoms in total. The van der Waals surface area contributed by atoms with Gasteiger partial charge in [0.15, 0.2) is 0 Å². The zero-order valence-corrected chi connectivity index (χ0v) is 12.9. The highest BCUT2D eigenvalue weighted by Gasteiger charge is 2.11. The Morgan fingerprint density at radius 3 is 2.70 bits per heavy atom. The van der Waals surface area contributed by atoms with Gasteiger partial charge in [0.1, 0.15) is 5.75 Å². The van der Waals surface area contributed by atoms with Gasteiger partial charge in [-0.15, -0.1) is 0 Å². The molecule has 1 aromatic carbocycles. The van der Waals surface area contributed by atoms with Crippen LogP contribution in [0.2, 0.25) is 0 Å². The quantitative estimate of drug-likeness (QED) is 0.910. The zero-order chi connectivity index (χ0) is 14.7. The number of aromatic nitrogens is 2. The van der Waals surface area contributed by atoms with Gasteiger partial charge < -0.3 is 10.1 Å². The second kappa shape index (κ2) is 6.09. The highest BCUT2D eigenvalue weighted by Crippen LogP contribution is 2.20. The summed E-state index contributed by atoms with van der Waals surface area (Å²) in [6.45, 7) is 7.15. The van der Waals surface area contributed by atoms with Gasteiger partial charge in [0.25, 0.3) is 0 Å². The standard InChI is InChI=1S/C16H23N3O/c1-11(14-7-6-8-15(9-14)20-5)17-10-16-12(2)18-19(4)13(16)3/h6-9,11,17H,10H2,1-5H3. The van der Waals surface area contributed by atoms with Crippen LogP contribution in [0.5, 0.6) is 5.75 Å². The number of nitrogens with one attached hydrogen (secondary N) is 1. The summed E-state index contributed by atoms with van der Waals surface area (Å²) in [5.41, 5.74) is 4.81. The van der Waals surface area contributed by atoms with E-state index in [0.717, 1.165) is 18.0 Å². The Labute approximate surface area is 120 Å². The topological polar surface area (TPSA) is 39.1 Å². The van der Waals surface area contributed by atoms with Crippen LogP contribution in [0.25, 0.3) is 0 Å². The fourth-order valence-electron chi connectivity index (χ4n) is 2.36. The monoisotopic (exact) mass is 273 g/mol. The van der Waals surface area contributed by atoms with E-state index in [-0.39, 0.29) is 6.04 Å².